The lowest BCUT2D eigenvalue weighted by Crippen LogP contribution is -2.27. The Morgan fingerprint density at radius 2 is 2.00 bits per heavy atom. The molecule has 1 unspecified atom stereocenters. The van der Waals surface area contributed by atoms with Crippen molar-refractivity contribution in [2.75, 3.05) is 14.2 Å². The number of methoxy groups -OCH3 is 1. The van der Waals surface area contributed by atoms with Crippen LogP contribution in [0.15, 0.2) is 6.20 Å². The lowest BCUT2D eigenvalue weighted by Gasteiger charge is -2.26. The van der Waals surface area contributed by atoms with Gasteiger partial charge in [0, 0.05) is 6.54 Å². The molecule has 0 spiro atoms. The predicted octanol–water partition coefficient (Wildman–Crippen LogP) is 3.00. The fraction of sp³-hybridized carbons (Fsp3) is 0.786. The highest BCUT2D eigenvalue weighted by Crippen LogP contribution is 2.33. The molecule has 104 valence electrons. The molecule has 1 heterocycles. The van der Waals surface area contributed by atoms with E-state index in [9.17, 15) is 0 Å². The van der Waals surface area contributed by atoms with E-state index in [4.69, 9.17) is 4.74 Å². The minimum atomic E-state index is 0.309. The van der Waals surface area contributed by atoms with Crippen LogP contribution in [0.3, 0.4) is 0 Å². The first-order chi connectivity index (χ1) is 8.73. The van der Waals surface area contributed by atoms with Crippen molar-refractivity contribution in [3.8, 4) is 5.75 Å². The molecule has 18 heavy (non-hydrogen) atoms. The molecule has 0 aliphatic carbocycles. The molecular formula is C14H27N3O. The largest absolute Gasteiger partial charge is 0.493 e. The summed E-state index contributed by atoms with van der Waals surface area (Å²) in [5.41, 5.74) is 1.19. The lowest BCUT2D eigenvalue weighted by molar-refractivity contribution is 0.321. The zero-order valence-electron chi connectivity index (χ0n) is 12.4. The maximum atomic E-state index is 5.47. The van der Waals surface area contributed by atoms with Crippen LogP contribution in [-0.2, 0) is 6.54 Å². The Kier molecular flexibility index (Phi) is 6.19. The summed E-state index contributed by atoms with van der Waals surface area (Å²) in [4.78, 5) is 0. The van der Waals surface area contributed by atoms with E-state index in [1.54, 1.807) is 7.11 Å². The molecule has 0 saturated carbocycles. The van der Waals surface area contributed by atoms with Gasteiger partial charge in [0.05, 0.1) is 25.0 Å². The Labute approximate surface area is 111 Å². The first-order valence-corrected chi connectivity index (χ1v) is 7.00. The Morgan fingerprint density at radius 1 is 1.33 bits per heavy atom. The van der Waals surface area contributed by atoms with Crippen LogP contribution in [0.1, 0.15) is 51.8 Å². The third-order valence-corrected chi connectivity index (χ3v) is 3.63. The van der Waals surface area contributed by atoms with Crippen molar-refractivity contribution in [3.05, 3.63) is 11.9 Å². The number of hydrogen-bond acceptors (Lipinski definition) is 3. The fourth-order valence-corrected chi connectivity index (χ4v) is 2.59. The van der Waals surface area contributed by atoms with Crippen molar-refractivity contribution < 1.29 is 4.74 Å². The fourth-order valence-electron chi connectivity index (χ4n) is 2.59. The van der Waals surface area contributed by atoms with E-state index in [0.29, 0.717) is 12.0 Å². The summed E-state index contributed by atoms with van der Waals surface area (Å²) in [6, 6.07) is 0.309. The van der Waals surface area contributed by atoms with Gasteiger partial charge in [-0.2, -0.15) is 5.10 Å². The quantitative estimate of drug-likeness (QED) is 0.774. The number of ether oxygens (including phenoxy) is 1. The van der Waals surface area contributed by atoms with Crippen molar-refractivity contribution in [1.82, 2.24) is 15.1 Å². The molecule has 4 nitrogen and oxygen atoms in total. The van der Waals surface area contributed by atoms with Gasteiger partial charge in [0.25, 0.3) is 0 Å². The van der Waals surface area contributed by atoms with Gasteiger partial charge in [-0.1, -0.05) is 33.6 Å². The molecule has 1 aromatic rings. The normalized spacial score (nSPS) is 13.0. The molecule has 0 aromatic carbocycles. The van der Waals surface area contributed by atoms with Crippen LogP contribution < -0.4 is 10.1 Å². The molecule has 0 saturated heterocycles. The van der Waals surface area contributed by atoms with Gasteiger partial charge in [0.15, 0.2) is 5.75 Å². The number of hydrogen-bond donors (Lipinski definition) is 1. The van der Waals surface area contributed by atoms with E-state index >= 15 is 0 Å². The van der Waals surface area contributed by atoms with Crippen LogP contribution >= 0.6 is 0 Å². The second-order valence-corrected chi connectivity index (χ2v) is 4.66. The number of aryl methyl sites for hydroxylation is 1. The molecule has 1 aromatic heterocycles. The summed E-state index contributed by atoms with van der Waals surface area (Å²) < 4.78 is 7.55. The van der Waals surface area contributed by atoms with Crippen LogP contribution in [0.25, 0.3) is 0 Å². The SMILES string of the molecule is CCCn1ncc(OC)c1C(NC)C(CC)CC. The van der Waals surface area contributed by atoms with Crippen LogP contribution in [0.4, 0.5) is 0 Å². The summed E-state index contributed by atoms with van der Waals surface area (Å²) in [6.45, 7) is 7.59. The average molecular weight is 253 g/mol. The zero-order valence-corrected chi connectivity index (χ0v) is 12.4. The van der Waals surface area contributed by atoms with E-state index < -0.39 is 0 Å². The van der Waals surface area contributed by atoms with Gasteiger partial charge in [-0.3, -0.25) is 4.68 Å². The molecule has 0 amide bonds. The third kappa shape index (κ3) is 3.05. The van der Waals surface area contributed by atoms with Gasteiger partial charge in [-0.15, -0.1) is 0 Å². The third-order valence-electron chi connectivity index (χ3n) is 3.63. The molecule has 4 heteroatoms. The Bertz CT molecular complexity index is 345. The first kappa shape index (κ1) is 15.0. The molecule has 1 rings (SSSR count). The van der Waals surface area contributed by atoms with Crippen LogP contribution in [0, 0.1) is 5.92 Å². The van der Waals surface area contributed by atoms with Crippen molar-refractivity contribution in [1.29, 1.82) is 0 Å². The summed E-state index contributed by atoms with van der Waals surface area (Å²) in [5, 5.41) is 7.89. The van der Waals surface area contributed by atoms with E-state index in [-0.39, 0.29) is 0 Å². The lowest BCUT2D eigenvalue weighted by atomic mass is 9.91. The van der Waals surface area contributed by atoms with Gasteiger partial charge >= 0.3 is 0 Å². The summed E-state index contributed by atoms with van der Waals surface area (Å²) in [6.07, 6.45) is 5.22. The van der Waals surface area contributed by atoms with Gasteiger partial charge < -0.3 is 10.1 Å². The maximum Gasteiger partial charge on any atom is 0.161 e. The number of nitrogens with zero attached hydrogens (tertiary/aromatic N) is 2. The standard InChI is InChI=1S/C14H27N3O/c1-6-9-17-14(12(18-5)10-16-17)13(15-4)11(7-2)8-3/h10-11,13,15H,6-9H2,1-5H3. The second kappa shape index (κ2) is 7.41. The highest BCUT2D eigenvalue weighted by Gasteiger charge is 2.26. The molecule has 0 radical (unpaired) electrons. The van der Waals surface area contributed by atoms with Gasteiger partial charge in [-0.05, 0) is 19.4 Å². The summed E-state index contributed by atoms with van der Waals surface area (Å²) >= 11 is 0. The molecular weight excluding hydrogens is 226 g/mol. The molecule has 1 N–H and O–H groups in total. The molecule has 0 aliphatic heterocycles. The van der Waals surface area contributed by atoms with Crippen LogP contribution in [0.2, 0.25) is 0 Å². The van der Waals surface area contributed by atoms with Crippen LogP contribution in [0.5, 0.6) is 5.75 Å². The Hall–Kier alpha value is -1.03. The molecule has 1 atom stereocenters. The van der Waals surface area contributed by atoms with E-state index in [1.165, 1.54) is 5.69 Å². The highest BCUT2D eigenvalue weighted by atomic mass is 16.5. The molecule has 0 aliphatic rings. The van der Waals surface area contributed by atoms with Gasteiger partial charge in [-0.25, -0.2) is 0 Å². The van der Waals surface area contributed by atoms with Crippen LogP contribution in [-0.4, -0.2) is 23.9 Å². The topological polar surface area (TPSA) is 39.1 Å². The van der Waals surface area contributed by atoms with Gasteiger partial charge in [0.2, 0.25) is 0 Å². The summed E-state index contributed by atoms with van der Waals surface area (Å²) in [5.74, 6) is 1.51. The van der Waals surface area contributed by atoms with Crippen molar-refractivity contribution in [3.63, 3.8) is 0 Å². The minimum Gasteiger partial charge on any atom is -0.493 e. The van der Waals surface area contributed by atoms with E-state index in [1.807, 2.05) is 13.2 Å². The first-order valence-electron chi connectivity index (χ1n) is 7.00. The number of rotatable bonds is 8. The Balaban J connectivity index is 3.12. The number of aromatic nitrogens is 2. The smallest absolute Gasteiger partial charge is 0.161 e. The zero-order chi connectivity index (χ0) is 13.5. The van der Waals surface area contributed by atoms with Crippen molar-refractivity contribution >= 4 is 0 Å². The predicted molar refractivity (Wildman–Crippen MR) is 74.9 cm³/mol. The molecule has 0 fully saturated rings. The van der Waals surface area contributed by atoms with E-state index in [2.05, 4.69) is 35.9 Å². The Morgan fingerprint density at radius 3 is 2.44 bits per heavy atom. The average Bonchev–Trinajstić information content (AvgIpc) is 2.79. The monoisotopic (exact) mass is 253 g/mol. The maximum absolute atomic E-state index is 5.47. The second-order valence-electron chi connectivity index (χ2n) is 4.66. The highest BCUT2D eigenvalue weighted by molar-refractivity contribution is 5.29. The minimum absolute atomic E-state index is 0.309. The summed E-state index contributed by atoms with van der Waals surface area (Å²) in [7, 11) is 3.74. The number of nitrogens with one attached hydrogen (secondary N) is 1. The van der Waals surface area contributed by atoms with Gasteiger partial charge in [0.1, 0.15) is 0 Å². The van der Waals surface area contributed by atoms with Crippen molar-refractivity contribution in [2.45, 2.75) is 52.6 Å². The molecule has 0 bridgehead atoms. The van der Waals surface area contributed by atoms with Crippen molar-refractivity contribution in [2.24, 2.45) is 5.92 Å². The van der Waals surface area contributed by atoms with E-state index in [0.717, 1.165) is 31.6 Å².